The molecule has 4 nitrogen and oxygen atoms in total. The maximum Gasteiger partial charge on any atom is 0.220 e. The average Bonchev–Trinajstić information content (AvgIpc) is 2.61. The summed E-state index contributed by atoms with van der Waals surface area (Å²) >= 11 is 0. The van der Waals surface area contributed by atoms with Crippen molar-refractivity contribution in [3.8, 4) is 0 Å². The van der Waals surface area contributed by atoms with Gasteiger partial charge in [-0.25, -0.2) is 0 Å². The molecular formula is C21H41NO3. The van der Waals surface area contributed by atoms with E-state index in [1.54, 1.807) is 0 Å². The average molecular weight is 356 g/mol. The van der Waals surface area contributed by atoms with Gasteiger partial charge in [-0.3, -0.25) is 4.79 Å². The third-order valence-corrected chi connectivity index (χ3v) is 4.51. The molecule has 0 aliphatic carbocycles. The van der Waals surface area contributed by atoms with Crippen LogP contribution >= 0.6 is 0 Å². The Morgan fingerprint density at radius 1 is 0.920 bits per heavy atom. The number of aliphatic hydroxyl groups excluding tert-OH is 2. The standard InChI is InChI=1S/C21H41NO3/c1-3-5-7-8-9-10-11-12-13-15-17-21(25)22-19(18-23)20(24)16-14-6-4-2/h7-8,19-20,23-24H,3-6,9-18H2,1-2H3,(H,22,25)/b8-7-. The molecule has 0 aromatic rings. The van der Waals surface area contributed by atoms with Crippen molar-refractivity contribution in [2.24, 2.45) is 0 Å². The van der Waals surface area contributed by atoms with Crippen LogP contribution in [-0.4, -0.2) is 34.9 Å². The quantitative estimate of drug-likeness (QED) is 0.266. The maximum atomic E-state index is 11.9. The molecule has 3 N–H and O–H groups in total. The Bertz CT molecular complexity index is 331. The van der Waals surface area contributed by atoms with Gasteiger partial charge >= 0.3 is 0 Å². The van der Waals surface area contributed by atoms with E-state index in [2.05, 4.69) is 31.3 Å². The van der Waals surface area contributed by atoms with Crippen LogP contribution < -0.4 is 5.32 Å². The van der Waals surface area contributed by atoms with Crippen molar-refractivity contribution in [2.45, 2.75) is 109 Å². The largest absolute Gasteiger partial charge is 0.394 e. The van der Waals surface area contributed by atoms with E-state index >= 15 is 0 Å². The third-order valence-electron chi connectivity index (χ3n) is 4.51. The number of hydrogen-bond donors (Lipinski definition) is 3. The first-order valence-electron chi connectivity index (χ1n) is 10.4. The number of nitrogens with one attached hydrogen (secondary N) is 1. The lowest BCUT2D eigenvalue weighted by molar-refractivity contribution is -0.123. The zero-order chi connectivity index (χ0) is 18.8. The zero-order valence-electron chi connectivity index (χ0n) is 16.5. The van der Waals surface area contributed by atoms with Gasteiger partial charge in [0.05, 0.1) is 18.8 Å². The van der Waals surface area contributed by atoms with E-state index in [-0.39, 0.29) is 12.5 Å². The fourth-order valence-electron chi connectivity index (χ4n) is 2.83. The molecule has 0 radical (unpaired) electrons. The lowest BCUT2D eigenvalue weighted by Crippen LogP contribution is -2.45. The maximum absolute atomic E-state index is 11.9. The SMILES string of the molecule is CCC/C=C\CCCCCCCC(=O)NC(CO)C(O)CCCCC. The summed E-state index contributed by atoms with van der Waals surface area (Å²) in [7, 11) is 0. The lowest BCUT2D eigenvalue weighted by atomic mass is 10.0. The molecule has 1 amide bonds. The van der Waals surface area contributed by atoms with Gasteiger partial charge in [0.15, 0.2) is 0 Å². The molecule has 148 valence electrons. The van der Waals surface area contributed by atoms with Crippen LogP contribution in [0.15, 0.2) is 12.2 Å². The summed E-state index contributed by atoms with van der Waals surface area (Å²) in [5.74, 6) is -0.0592. The first kappa shape index (κ1) is 24.1. The number of carbonyl (C=O) groups excluding carboxylic acids is 1. The minimum Gasteiger partial charge on any atom is -0.394 e. The van der Waals surface area contributed by atoms with Gasteiger partial charge in [-0.1, -0.05) is 70.9 Å². The van der Waals surface area contributed by atoms with Crippen LogP contribution in [-0.2, 0) is 4.79 Å². The fraction of sp³-hybridized carbons (Fsp3) is 0.857. The van der Waals surface area contributed by atoms with E-state index in [0.717, 1.165) is 44.9 Å². The van der Waals surface area contributed by atoms with Crippen molar-refractivity contribution in [1.82, 2.24) is 5.32 Å². The summed E-state index contributed by atoms with van der Waals surface area (Å²) in [5, 5.41) is 22.2. The molecule has 0 heterocycles. The molecule has 0 aliphatic rings. The highest BCUT2D eigenvalue weighted by atomic mass is 16.3. The molecule has 0 aliphatic heterocycles. The third kappa shape index (κ3) is 15.1. The summed E-state index contributed by atoms with van der Waals surface area (Å²) in [6, 6.07) is -0.528. The number of allylic oxidation sites excluding steroid dienone is 2. The number of carbonyl (C=O) groups is 1. The van der Waals surface area contributed by atoms with E-state index in [1.165, 1.54) is 25.7 Å². The molecule has 0 aromatic carbocycles. The summed E-state index contributed by atoms with van der Waals surface area (Å²) in [5.41, 5.74) is 0. The number of rotatable bonds is 17. The second-order valence-electron chi connectivity index (χ2n) is 6.99. The Labute approximate surface area is 155 Å². The van der Waals surface area contributed by atoms with Crippen LogP contribution in [0.1, 0.15) is 97.3 Å². The second kappa shape index (κ2) is 17.9. The molecule has 2 atom stereocenters. The highest BCUT2D eigenvalue weighted by Gasteiger charge is 2.19. The lowest BCUT2D eigenvalue weighted by Gasteiger charge is -2.22. The van der Waals surface area contributed by atoms with Crippen molar-refractivity contribution in [3.05, 3.63) is 12.2 Å². The number of unbranched alkanes of at least 4 members (excludes halogenated alkanes) is 8. The first-order chi connectivity index (χ1) is 12.2. The van der Waals surface area contributed by atoms with Gasteiger partial charge < -0.3 is 15.5 Å². The van der Waals surface area contributed by atoms with Gasteiger partial charge in [-0.15, -0.1) is 0 Å². The Kier molecular flexibility index (Phi) is 17.3. The molecule has 0 bridgehead atoms. The Hall–Kier alpha value is -0.870. The van der Waals surface area contributed by atoms with Crippen molar-refractivity contribution in [2.75, 3.05) is 6.61 Å². The van der Waals surface area contributed by atoms with Crippen LogP contribution in [0.5, 0.6) is 0 Å². The number of aliphatic hydroxyl groups is 2. The molecular weight excluding hydrogens is 314 g/mol. The van der Waals surface area contributed by atoms with Crippen molar-refractivity contribution in [1.29, 1.82) is 0 Å². The summed E-state index contributed by atoms with van der Waals surface area (Å²) in [6.07, 6.45) is 17.2. The van der Waals surface area contributed by atoms with Gasteiger partial charge in [0, 0.05) is 6.42 Å². The van der Waals surface area contributed by atoms with Gasteiger partial charge in [0.1, 0.15) is 0 Å². The first-order valence-corrected chi connectivity index (χ1v) is 10.4. The molecule has 25 heavy (non-hydrogen) atoms. The number of hydrogen-bond acceptors (Lipinski definition) is 3. The predicted molar refractivity (Wildman–Crippen MR) is 106 cm³/mol. The van der Waals surface area contributed by atoms with Gasteiger partial charge in [0.2, 0.25) is 5.91 Å². The van der Waals surface area contributed by atoms with Crippen molar-refractivity contribution >= 4 is 5.91 Å². The van der Waals surface area contributed by atoms with E-state index in [9.17, 15) is 15.0 Å². The molecule has 0 saturated carbocycles. The molecule has 0 fully saturated rings. The Morgan fingerprint density at radius 3 is 2.28 bits per heavy atom. The van der Waals surface area contributed by atoms with Gasteiger partial charge in [0.25, 0.3) is 0 Å². The molecule has 0 spiro atoms. The van der Waals surface area contributed by atoms with E-state index in [0.29, 0.717) is 12.8 Å². The smallest absolute Gasteiger partial charge is 0.220 e. The van der Waals surface area contributed by atoms with Gasteiger partial charge in [-0.05, 0) is 32.1 Å². The zero-order valence-corrected chi connectivity index (χ0v) is 16.5. The van der Waals surface area contributed by atoms with Crippen LogP contribution in [0.25, 0.3) is 0 Å². The summed E-state index contributed by atoms with van der Waals surface area (Å²) < 4.78 is 0. The van der Waals surface area contributed by atoms with Crippen LogP contribution in [0.3, 0.4) is 0 Å². The van der Waals surface area contributed by atoms with E-state index in [4.69, 9.17) is 0 Å². The van der Waals surface area contributed by atoms with E-state index < -0.39 is 12.1 Å². The summed E-state index contributed by atoms with van der Waals surface area (Å²) in [6.45, 7) is 4.10. The molecule has 4 heteroatoms. The number of amides is 1. The topological polar surface area (TPSA) is 69.6 Å². The minimum atomic E-state index is -0.652. The Balaban J connectivity index is 3.66. The van der Waals surface area contributed by atoms with Crippen LogP contribution in [0.4, 0.5) is 0 Å². The highest BCUT2D eigenvalue weighted by Crippen LogP contribution is 2.10. The minimum absolute atomic E-state index is 0.0592. The van der Waals surface area contributed by atoms with Gasteiger partial charge in [-0.2, -0.15) is 0 Å². The second-order valence-corrected chi connectivity index (χ2v) is 6.99. The molecule has 0 saturated heterocycles. The summed E-state index contributed by atoms with van der Waals surface area (Å²) in [4.78, 5) is 11.9. The predicted octanol–water partition coefficient (Wildman–Crippen LogP) is 4.49. The van der Waals surface area contributed by atoms with Crippen LogP contribution in [0, 0.1) is 0 Å². The normalized spacial score (nSPS) is 13.9. The van der Waals surface area contributed by atoms with Crippen molar-refractivity contribution < 1.29 is 15.0 Å². The Morgan fingerprint density at radius 2 is 1.60 bits per heavy atom. The fourth-order valence-corrected chi connectivity index (χ4v) is 2.83. The molecule has 2 unspecified atom stereocenters. The monoisotopic (exact) mass is 355 g/mol. The van der Waals surface area contributed by atoms with Crippen LogP contribution in [0.2, 0.25) is 0 Å². The van der Waals surface area contributed by atoms with E-state index in [1.807, 2.05) is 0 Å². The highest BCUT2D eigenvalue weighted by molar-refractivity contribution is 5.76. The molecule has 0 rings (SSSR count). The molecule has 0 aromatic heterocycles. The van der Waals surface area contributed by atoms with Crippen molar-refractivity contribution in [3.63, 3.8) is 0 Å².